The normalized spacial score (nSPS) is 27.9. The SMILES string of the molecule is CCCC[C@H](N)C(=O)N1CC(C)OC(C)C1. The van der Waals surface area contributed by atoms with Gasteiger partial charge in [0.1, 0.15) is 0 Å². The van der Waals surface area contributed by atoms with Gasteiger partial charge in [-0.15, -0.1) is 0 Å². The van der Waals surface area contributed by atoms with E-state index in [4.69, 9.17) is 10.5 Å². The molecule has 0 saturated carbocycles. The number of carbonyl (C=O) groups excluding carboxylic acids is 1. The van der Waals surface area contributed by atoms with Gasteiger partial charge in [-0.3, -0.25) is 4.79 Å². The Morgan fingerprint density at radius 3 is 2.50 bits per heavy atom. The highest BCUT2D eigenvalue weighted by molar-refractivity contribution is 5.81. The molecule has 94 valence electrons. The van der Waals surface area contributed by atoms with E-state index in [1.807, 2.05) is 18.7 Å². The van der Waals surface area contributed by atoms with Crippen molar-refractivity contribution in [1.82, 2.24) is 4.90 Å². The molecule has 1 fully saturated rings. The lowest BCUT2D eigenvalue weighted by Gasteiger charge is -2.36. The standard InChI is InChI=1S/C12H24N2O2/c1-4-5-6-11(13)12(15)14-7-9(2)16-10(3)8-14/h9-11H,4-8,13H2,1-3H3/t9?,10?,11-/m0/s1. The molecule has 1 aliphatic heterocycles. The second-order valence-electron chi connectivity index (χ2n) is 4.75. The van der Waals surface area contributed by atoms with E-state index in [0.29, 0.717) is 13.1 Å². The van der Waals surface area contributed by atoms with Gasteiger partial charge in [-0.1, -0.05) is 19.8 Å². The van der Waals surface area contributed by atoms with Crippen LogP contribution in [-0.4, -0.2) is 42.1 Å². The van der Waals surface area contributed by atoms with Gasteiger partial charge in [0, 0.05) is 13.1 Å². The molecular weight excluding hydrogens is 204 g/mol. The highest BCUT2D eigenvalue weighted by Crippen LogP contribution is 2.12. The van der Waals surface area contributed by atoms with E-state index < -0.39 is 0 Å². The van der Waals surface area contributed by atoms with E-state index >= 15 is 0 Å². The van der Waals surface area contributed by atoms with Crippen LogP contribution in [0.3, 0.4) is 0 Å². The lowest BCUT2D eigenvalue weighted by molar-refractivity contribution is -0.144. The molecule has 0 aromatic rings. The summed E-state index contributed by atoms with van der Waals surface area (Å²) in [6.45, 7) is 7.43. The molecule has 4 heteroatoms. The van der Waals surface area contributed by atoms with Gasteiger partial charge in [-0.2, -0.15) is 0 Å². The lowest BCUT2D eigenvalue weighted by Crippen LogP contribution is -2.53. The second-order valence-corrected chi connectivity index (χ2v) is 4.75. The summed E-state index contributed by atoms with van der Waals surface area (Å²) in [7, 11) is 0. The van der Waals surface area contributed by atoms with E-state index in [2.05, 4.69) is 6.92 Å². The van der Waals surface area contributed by atoms with Crippen molar-refractivity contribution in [3.63, 3.8) is 0 Å². The molecule has 1 saturated heterocycles. The average molecular weight is 228 g/mol. The molecule has 0 spiro atoms. The summed E-state index contributed by atoms with van der Waals surface area (Å²) in [6, 6.07) is -0.336. The van der Waals surface area contributed by atoms with Crippen LogP contribution in [0.2, 0.25) is 0 Å². The summed E-state index contributed by atoms with van der Waals surface area (Å²) in [5.74, 6) is 0.0791. The maximum absolute atomic E-state index is 12.0. The minimum Gasteiger partial charge on any atom is -0.372 e. The summed E-state index contributed by atoms with van der Waals surface area (Å²) in [6.07, 6.45) is 3.12. The van der Waals surface area contributed by atoms with Crippen molar-refractivity contribution in [2.24, 2.45) is 5.73 Å². The van der Waals surface area contributed by atoms with E-state index in [1.165, 1.54) is 0 Å². The molecule has 1 heterocycles. The molecule has 1 aliphatic rings. The van der Waals surface area contributed by atoms with Crippen LogP contribution in [0.25, 0.3) is 0 Å². The highest BCUT2D eigenvalue weighted by atomic mass is 16.5. The van der Waals surface area contributed by atoms with E-state index in [-0.39, 0.29) is 24.2 Å². The number of ether oxygens (including phenoxy) is 1. The van der Waals surface area contributed by atoms with Crippen molar-refractivity contribution in [2.45, 2.75) is 58.3 Å². The molecule has 1 rings (SSSR count). The van der Waals surface area contributed by atoms with Gasteiger partial charge in [-0.25, -0.2) is 0 Å². The molecule has 0 radical (unpaired) electrons. The van der Waals surface area contributed by atoms with Gasteiger partial charge in [-0.05, 0) is 20.3 Å². The second kappa shape index (κ2) is 6.21. The van der Waals surface area contributed by atoms with Crippen LogP contribution in [0.15, 0.2) is 0 Å². The van der Waals surface area contributed by atoms with Gasteiger partial charge in [0.05, 0.1) is 18.2 Å². The fourth-order valence-corrected chi connectivity index (χ4v) is 2.14. The Balaban J connectivity index is 2.45. The molecule has 4 nitrogen and oxygen atoms in total. The van der Waals surface area contributed by atoms with Gasteiger partial charge in [0.15, 0.2) is 0 Å². The lowest BCUT2D eigenvalue weighted by atomic mass is 10.1. The third-order valence-corrected chi connectivity index (χ3v) is 2.92. The Labute approximate surface area is 98.1 Å². The molecule has 16 heavy (non-hydrogen) atoms. The first kappa shape index (κ1) is 13.5. The van der Waals surface area contributed by atoms with Gasteiger partial charge >= 0.3 is 0 Å². The molecule has 1 amide bonds. The van der Waals surface area contributed by atoms with Crippen molar-refractivity contribution in [3.8, 4) is 0 Å². The Hall–Kier alpha value is -0.610. The average Bonchev–Trinajstić information content (AvgIpc) is 2.23. The van der Waals surface area contributed by atoms with Crippen molar-refractivity contribution in [3.05, 3.63) is 0 Å². The van der Waals surface area contributed by atoms with Crippen LogP contribution < -0.4 is 5.73 Å². The number of carbonyl (C=O) groups is 1. The maximum atomic E-state index is 12.0. The minimum absolute atomic E-state index is 0.0791. The molecule has 2 N–H and O–H groups in total. The van der Waals surface area contributed by atoms with E-state index in [0.717, 1.165) is 19.3 Å². The Morgan fingerprint density at radius 2 is 2.00 bits per heavy atom. The predicted octanol–water partition coefficient (Wildman–Crippen LogP) is 1.14. The topological polar surface area (TPSA) is 55.6 Å². The van der Waals surface area contributed by atoms with Crippen molar-refractivity contribution in [1.29, 1.82) is 0 Å². The number of nitrogens with zero attached hydrogens (tertiary/aromatic N) is 1. The number of hydrogen-bond donors (Lipinski definition) is 1. The van der Waals surface area contributed by atoms with Crippen molar-refractivity contribution in [2.75, 3.05) is 13.1 Å². The summed E-state index contributed by atoms with van der Waals surface area (Å²) in [5, 5.41) is 0. The number of hydrogen-bond acceptors (Lipinski definition) is 3. The first-order valence-electron chi connectivity index (χ1n) is 6.24. The Kier molecular flexibility index (Phi) is 5.22. The number of unbranched alkanes of at least 4 members (excludes halogenated alkanes) is 1. The number of amides is 1. The fourth-order valence-electron chi connectivity index (χ4n) is 2.14. The number of rotatable bonds is 4. The summed E-state index contributed by atoms with van der Waals surface area (Å²) >= 11 is 0. The van der Waals surface area contributed by atoms with Crippen molar-refractivity contribution >= 4 is 5.91 Å². The third kappa shape index (κ3) is 3.76. The minimum atomic E-state index is -0.336. The number of morpholine rings is 1. The monoisotopic (exact) mass is 228 g/mol. The largest absolute Gasteiger partial charge is 0.372 e. The Bertz CT molecular complexity index is 223. The first-order chi connectivity index (χ1) is 7.54. The quantitative estimate of drug-likeness (QED) is 0.785. The molecule has 0 bridgehead atoms. The van der Waals surface area contributed by atoms with Crippen molar-refractivity contribution < 1.29 is 9.53 Å². The van der Waals surface area contributed by atoms with Crippen LogP contribution in [-0.2, 0) is 9.53 Å². The molecule has 3 atom stereocenters. The zero-order valence-electron chi connectivity index (χ0n) is 10.6. The van der Waals surface area contributed by atoms with Crippen LogP contribution in [0, 0.1) is 0 Å². The fraction of sp³-hybridized carbons (Fsp3) is 0.917. The zero-order chi connectivity index (χ0) is 12.1. The van der Waals surface area contributed by atoms with E-state index in [1.54, 1.807) is 0 Å². The van der Waals surface area contributed by atoms with Crippen LogP contribution in [0.4, 0.5) is 0 Å². The summed E-state index contributed by atoms with van der Waals surface area (Å²) < 4.78 is 5.59. The van der Waals surface area contributed by atoms with E-state index in [9.17, 15) is 4.79 Å². The van der Waals surface area contributed by atoms with Gasteiger partial charge in [0.2, 0.25) is 5.91 Å². The molecule has 0 aliphatic carbocycles. The first-order valence-corrected chi connectivity index (χ1v) is 6.24. The smallest absolute Gasteiger partial charge is 0.239 e. The summed E-state index contributed by atoms with van der Waals surface area (Å²) in [4.78, 5) is 13.9. The van der Waals surface area contributed by atoms with Gasteiger partial charge in [0.25, 0.3) is 0 Å². The van der Waals surface area contributed by atoms with Crippen LogP contribution >= 0.6 is 0 Å². The predicted molar refractivity (Wildman–Crippen MR) is 64.1 cm³/mol. The molecule has 2 unspecified atom stereocenters. The zero-order valence-corrected chi connectivity index (χ0v) is 10.6. The van der Waals surface area contributed by atoms with Crippen LogP contribution in [0.5, 0.6) is 0 Å². The summed E-state index contributed by atoms with van der Waals surface area (Å²) in [5.41, 5.74) is 5.89. The Morgan fingerprint density at radius 1 is 1.44 bits per heavy atom. The third-order valence-electron chi connectivity index (χ3n) is 2.92. The molecule has 0 aromatic heterocycles. The maximum Gasteiger partial charge on any atom is 0.239 e. The highest BCUT2D eigenvalue weighted by Gasteiger charge is 2.28. The molecule has 0 aromatic carbocycles. The number of nitrogens with two attached hydrogens (primary N) is 1. The van der Waals surface area contributed by atoms with Gasteiger partial charge < -0.3 is 15.4 Å². The van der Waals surface area contributed by atoms with Crippen LogP contribution in [0.1, 0.15) is 40.0 Å². The molecular formula is C12H24N2O2.